The van der Waals surface area contributed by atoms with E-state index >= 15 is 4.39 Å². The molecule has 220 valence electrons. The molecule has 4 heterocycles. The Morgan fingerprint density at radius 1 is 1.10 bits per heavy atom. The normalized spacial score (nSPS) is 16.2. The number of nitrogens with zero attached hydrogens (tertiary/aromatic N) is 6. The van der Waals surface area contributed by atoms with Crippen LogP contribution in [0.1, 0.15) is 38.2 Å². The van der Waals surface area contributed by atoms with Crippen molar-refractivity contribution in [2.45, 2.75) is 38.6 Å². The maximum atomic E-state index is 15.0. The molecule has 11 heteroatoms. The third kappa shape index (κ3) is 6.51. The van der Waals surface area contributed by atoms with Gasteiger partial charge in [0.25, 0.3) is 0 Å². The van der Waals surface area contributed by atoms with Crippen LogP contribution >= 0.6 is 0 Å². The molecule has 1 N–H and O–H groups in total. The van der Waals surface area contributed by atoms with Crippen molar-refractivity contribution in [2.24, 2.45) is 0 Å². The number of benzene rings is 1. The molecule has 1 fully saturated rings. The predicted molar refractivity (Wildman–Crippen MR) is 156 cm³/mol. The van der Waals surface area contributed by atoms with E-state index in [1.54, 1.807) is 13.2 Å². The molecule has 0 spiro atoms. The Bertz CT molecular complexity index is 1360. The lowest BCUT2D eigenvalue weighted by Gasteiger charge is -2.34. The highest BCUT2D eigenvalue weighted by molar-refractivity contribution is 5.73. The molecule has 5 rings (SSSR count). The van der Waals surface area contributed by atoms with Gasteiger partial charge in [-0.05, 0) is 84.1 Å². The number of anilines is 3. The molecule has 41 heavy (non-hydrogen) atoms. The van der Waals surface area contributed by atoms with Gasteiger partial charge in [-0.2, -0.15) is 4.98 Å². The number of methoxy groups -OCH3 is 1. The average molecular weight is 568 g/mol. The number of hydrogen-bond donors (Lipinski definition) is 1. The Kier molecular flexibility index (Phi) is 8.84. The van der Waals surface area contributed by atoms with Gasteiger partial charge in [-0.15, -0.1) is 0 Å². The first kappa shape index (κ1) is 28.9. The Morgan fingerprint density at radius 2 is 1.88 bits per heavy atom. The molecule has 0 amide bonds. The lowest BCUT2D eigenvalue weighted by Crippen LogP contribution is -2.38. The molecule has 3 aromatic rings. The van der Waals surface area contributed by atoms with Crippen molar-refractivity contribution in [1.82, 2.24) is 24.8 Å². The van der Waals surface area contributed by atoms with E-state index in [4.69, 9.17) is 9.47 Å². The highest BCUT2D eigenvalue weighted by Gasteiger charge is 2.26. The molecule has 0 unspecified atom stereocenters. The molecule has 1 saturated heterocycles. The Labute approximate surface area is 240 Å². The van der Waals surface area contributed by atoms with E-state index in [0.717, 1.165) is 50.8 Å². The second-order valence-corrected chi connectivity index (χ2v) is 11.2. The maximum absolute atomic E-state index is 15.0. The molecular weight excluding hydrogens is 528 g/mol. The highest BCUT2D eigenvalue weighted by Crippen LogP contribution is 2.39. The molecule has 9 nitrogen and oxygen atoms in total. The number of hydrogen-bond acceptors (Lipinski definition) is 9. The zero-order valence-electron chi connectivity index (χ0n) is 24.5. The number of fused-ring (bicyclic) bond motifs is 1. The fourth-order valence-corrected chi connectivity index (χ4v) is 5.52. The minimum Gasteiger partial charge on any atom is -0.486 e. The molecule has 2 aromatic heterocycles. The van der Waals surface area contributed by atoms with Gasteiger partial charge in [-0.3, -0.25) is 0 Å². The molecule has 0 saturated carbocycles. The maximum Gasteiger partial charge on any atom is 0.229 e. The summed E-state index contributed by atoms with van der Waals surface area (Å²) in [7, 11) is 5.81. The predicted octanol–water partition coefficient (Wildman–Crippen LogP) is 4.92. The third-order valence-electron chi connectivity index (χ3n) is 7.77. The van der Waals surface area contributed by atoms with Gasteiger partial charge in [-0.25, -0.2) is 18.7 Å². The van der Waals surface area contributed by atoms with Gasteiger partial charge in [0.05, 0.1) is 25.5 Å². The van der Waals surface area contributed by atoms with E-state index < -0.39 is 11.6 Å². The van der Waals surface area contributed by atoms with Crippen LogP contribution in [0, 0.1) is 11.6 Å². The SMILES string of the molecule is COc1nc(Nc2ncc(F)c(-c3cc(F)c4c(c3)N(C(C)C)CCO4)n2)ccc1C1CCN(CCN(C)C)CC1. The Balaban J connectivity index is 1.34. The highest BCUT2D eigenvalue weighted by atomic mass is 19.1. The van der Waals surface area contributed by atoms with Gasteiger partial charge < -0.3 is 29.5 Å². The number of piperidine rings is 1. The van der Waals surface area contributed by atoms with E-state index in [-0.39, 0.29) is 23.4 Å². The van der Waals surface area contributed by atoms with Crippen LogP contribution in [-0.4, -0.2) is 91.3 Å². The quantitative estimate of drug-likeness (QED) is 0.388. The molecule has 0 bridgehead atoms. The van der Waals surface area contributed by atoms with Gasteiger partial charge >= 0.3 is 0 Å². The van der Waals surface area contributed by atoms with E-state index in [1.165, 1.54) is 6.07 Å². The summed E-state index contributed by atoms with van der Waals surface area (Å²) in [6, 6.07) is 6.98. The summed E-state index contributed by atoms with van der Waals surface area (Å²) in [5, 5.41) is 3.06. The second kappa shape index (κ2) is 12.5. The Hall–Kier alpha value is -3.57. The van der Waals surface area contributed by atoms with Crippen LogP contribution in [0.25, 0.3) is 11.3 Å². The monoisotopic (exact) mass is 567 g/mol. The zero-order valence-corrected chi connectivity index (χ0v) is 24.5. The fraction of sp³-hybridized carbons (Fsp3) is 0.500. The molecule has 1 aromatic carbocycles. The fourth-order valence-electron chi connectivity index (χ4n) is 5.52. The van der Waals surface area contributed by atoms with Crippen molar-refractivity contribution < 1.29 is 18.3 Å². The molecule has 0 aliphatic carbocycles. The van der Waals surface area contributed by atoms with Crippen LogP contribution in [0.5, 0.6) is 11.6 Å². The van der Waals surface area contributed by atoms with Gasteiger partial charge in [0, 0.05) is 30.3 Å². The van der Waals surface area contributed by atoms with Crippen molar-refractivity contribution in [3.8, 4) is 22.9 Å². The summed E-state index contributed by atoms with van der Waals surface area (Å²) in [5.74, 6) is 0.507. The summed E-state index contributed by atoms with van der Waals surface area (Å²) >= 11 is 0. The number of halogens is 2. The van der Waals surface area contributed by atoms with E-state index in [1.807, 2.05) is 30.9 Å². The van der Waals surface area contributed by atoms with Gasteiger partial charge in [0.1, 0.15) is 18.1 Å². The van der Waals surface area contributed by atoms with Crippen LogP contribution < -0.4 is 19.7 Å². The molecular formula is C30H39F2N7O2. The first-order valence-electron chi connectivity index (χ1n) is 14.2. The van der Waals surface area contributed by atoms with E-state index in [2.05, 4.69) is 44.2 Å². The largest absolute Gasteiger partial charge is 0.486 e. The zero-order chi connectivity index (χ0) is 29.1. The number of rotatable bonds is 9. The van der Waals surface area contributed by atoms with Gasteiger partial charge in [0.15, 0.2) is 17.4 Å². The number of pyridine rings is 1. The number of aromatic nitrogens is 3. The molecule has 0 atom stereocenters. The first-order valence-corrected chi connectivity index (χ1v) is 14.2. The minimum absolute atomic E-state index is 0.0110. The van der Waals surface area contributed by atoms with Crippen LogP contribution in [0.2, 0.25) is 0 Å². The number of nitrogens with one attached hydrogen (secondary N) is 1. The van der Waals surface area contributed by atoms with Crippen molar-refractivity contribution in [3.05, 3.63) is 47.7 Å². The van der Waals surface area contributed by atoms with Crippen molar-refractivity contribution >= 4 is 17.5 Å². The lowest BCUT2D eigenvalue weighted by atomic mass is 9.90. The Morgan fingerprint density at radius 3 is 2.59 bits per heavy atom. The topological polar surface area (TPSA) is 78.9 Å². The summed E-state index contributed by atoms with van der Waals surface area (Å²) in [4.78, 5) is 19.9. The number of ether oxygens (including phenoxy) is 2. The molecule has 2 aliphatic rings. The van der Waals surface area contributed by atoms with Crippen LogP contribution in [-0.2, 0) is 0 Å². The smallest absolute Gasteiger partial charge is 0.229 e. The number of likely N-dealkylation sites (tertiary alicyclic amines) is 1. The first-order chi connectivity index (χ1) is 19.7. The van der Waals surface area contributed by atoms with Crippen LogP contribution in [0.4, 0.5) is 26.2 Å². The van der Waals surface area contributed by atoms with Gasteiger partial charge in [-0.1, -0.05) is 0 Å². The lowest BCUT2D eigenvalue weighted by molar-refractivity contribution is 0.192. The molecule has 2 aliphatic heterocycles. The third-order valence-corrected chi connectivity index (χ3v) is 7.77. The van der Waals surface area contributed by atoms with Crippen LogP contribution in [0.15, 0.2) is 30.5 Å². The van der Waals surface area contributed by atoms with Crippen molar-refractivity contribution in [2.75, 3.05) is 70.8 Å². The van der Waals surface area contributed by atoms with E-state index in [9.17, 15) is 4.39 Å². The van der Waals surface area contributed by atoms with Crippen LogP contribution in [0.3, 0.4) is 0 Å². The summed E-state index contributed by atoms with van der Waals surface area (Å²) < 4.78 is 41.2. The van der Waals surface area contributed by atoms with Gasteiger partial charge in [0.2, 0.25) is 11.8 Å². The van der Waals surface area contributed by atoms with Crippen molar-refractivity contribution in [3.63, 3.8) is 0 Å². The second-order valence-electron chi connectivity index (χ2n) is 11.2. The van der Waals surface area contributed by atoms with Crippen molar-refractivity contribution in [1.29, 1.82) is 0 Å². The van der Waals surface area contributed by atoms with E-state index in [0.29, 0.717) is 42.0 Å². The standard InChI is InChI=1S/C30H39F2N7O2/c1-19(2)39-14-15-41-28-23(31)16-21(17-25(28)39)27-24(32)18-33-30(36-27)35-26-7-6-22(29(34-26)40-5)20-8-10-38(11-9-20)13-12-37(3)4/h6-7,16-20H,8-15H2,1-5H3,(H,33,34,35,36). The minimum atomic E-state index is -0.652. The summed E-state index contributed by atoms with van der Waals surface area (Å²) in [5.41, 5.74) is 1.95. The number of likely N-dealkylation sites (N-methyl/N-ethyl adjacent to an activating group) is 1. The summed E-state index contributed by atoms with van der Waals surface area (Å²) in [6.07, 6.45) is 3.16. The summed E-state index contributed by atoms with van der Waals surface area (Å²) in [6.45, 7) is 9.25. The average Bonchev–Trinajstić information content (AvgIpc) is 2.97. The molecule has 0 radical (unpaired) electrons.